The molecule has 2 aromatic carbocycles. The number of nitrogens with two attached hydrogens (primary N) is 1. The van der Waals surface area contributed by atoms with Crippen LogP contribution in [0.25, 0.3) is 11.0 Å². The van der Waals surface area contributed by atoms with E-state index in [1.807, 2.05) is 0 Å². The highest BCUT2D eigenvalue weighted by Crippen LogP contribution is 2.17. The fourth-order valence-corrected chi connectivity index (χ4v) is 3.56. The molecule has 0 aliphatic heterocycles. The van der Waals surface area contributed by atoms with Crippen LogP contribution in [0.15, 0.2) is 56.9 Å². The summed E-state index contributed by atoms with van der Waals surface area (Å²) in [5, 5.41) is 7.89. The van der Waals surface area contributed by atoms with Gasteiger partial charge in [0.1, 0.15) is 0 Å². The van der Waals surface area contributed by atoms with Crippen LogP contribution in [-0.4, -0.2) is 23.9 Å². The van der Waals surface area contributed by atoms with Crippen molar-refractivity contribution in [2.45, 2.75) is 31.3 Å². The van der Waals surface area contributed by atoms with Crippen LogP contribution < -0.4 is 21.6 Å². The number of aromatic nitrogens is 2. The Morgan fingerprint density at radius 3 is 2.41 bits per heavy atom. The number of primary sulfonamides is 1. The number of fused-ring (bicyclic) bond motifs is 1. The third-order valence-corrected chi connectivity index (χ3v) is 5.54. The van der Waals surface area contributed by atoms with Crippen molar-refractivity contribution in [2.75, 3.05) is 0 Å². The molecule has 0 saturated heterocycles. The highest BCUT2D eigenvalue weighted by molar-refractivity contribution is 7.89. The van der Waals surface area contributed by atoms with Crippen LogP contribution in [0.1, 0.15) is 35.8 Å². The molecule has 0 spiro atoms. The number of rotatable bonds is 5. The van der Waals surface area contributed by atoms with Gasteiger partial charge in [0.15, 0.2) is 0 Å². The molecule has 1 atom stereocenters. The summed E-state index contributed by atoms with van der Waals surface area (Å²) in [5.74, 6) is -0.384. The number of hydrogen-bond acceptors (Lipinski definition) is 5. The number of amides is 1. The molecule has 0 radical (unpaired) electrons. The Hall–Kier alpha value is -3.24. The number of nitrogens with zero attached hydrogens (tertiary/aromatic N) is 1. The number of sulfonamides is 1. The SMILES string of the molecule is CCn1c(=O)c(=O)[nH]c2cc(C(=O)N[C@H](C)c3ccc(S(N)(=O)=O)cc3)ccc21. The van der Waals surface area contributed by atoms with Gasteiger partial charge in [0.05, 0.1) is 22.0 Å². The van der Waals surface area contributed by atoms with Crippen molar-refractivity contribution < 1.29 is 13.2 Å². The van der Waals surface area contributed by atoms with Crippen molar-refractivity contribution in [3.8, 4) is 0 Å². The van der Waals surface area contributed by atoms with E-state index < -0.39 is 27.2 Å². The van der Waals surface area contributed by atoms with Gasteiger partial charge in [-0.3, -0.25) is 14.4 Å². The molecule has 3 aromatic rings. The molecule has 1 amide bonds. The molecule has 3 rings (SSSR count). The van der Waals surface area contributed by atoms with Gasteiger partial charge < -0.3 is 14.9 Å². The molecule has 0 saturated carbocycles. The lowest BCUT2D eigenvalue weighted by molar-refractivity contribution is 0.0940. The number of carbonyl (C=O) groups excluding carboxylic acids is 1. The molecule has 1 aromatic heterocycles. The first-order valence-corrected chi connectivity index (χ1v) is 10.4. The highest BCUT2D eigenvalue weighted by Gasteiger charge is 2.15. The minimum Gasteiger partial charge on any atom is -0.346 e. The van der Waals surface area contributed by atoms with Gasteiger partial charge in [0.25, 0.3) is 5.91 Å². The summed E-state index contributed by atoms with van der Waals surface area (Å²) in [4.78, 5) is 38.8. The van der Waals surface area contributed by atoms with E-state index in [0.29, 0.717) is 28.7 Å². The third-order valence-electron chi connectivity index (χ3n) is 4.61. The second-order valence-electron chi connectivity index (χ2n) is 6.54. The van der Waals surface area contributed by atoms with Gasteiger partial charge in [-0.05, 0) is 49.7 Å². The van der Waals surface area contributed by atoms with Crippen molar-refractivity contribution in [1.82, 2.24) is 14.9 Å². The molecule has 152 valence electrons. The fraction of sp³-hybridized carbons (Fsp3) is 0.211. The molecule has 9 nitrogen and oxygen atoms in total. The van der Waals surface area contributed by atoms with Crippen LogP contribution in [-0.2, 0) is 16.6 Å². The predicted molar refractivity (Wildman–Crippen MR) is 108 cm³/mol. The summed E-state index contributed by atoms with van der Waals surface area (Å²) in [5.41, 5.74) is 0.519. The lowest BCUT2D eigenvalue weighted by Crippen LogP contribution is -2.36. The zero-order chi connectivity index (χ0) is 21.3. The van der Waals surface area contributed by atoms with Gasteiger partial charge in [0, 0.05) is 12.1 Å². The Kier molecular flexibility index (Phi) is 5.40. The van der Waals surface area contributed by atoms with Crippen molar-refractivity contribution >= 4 is 27.0 Å². The largest absolute Gasteiger partial charge is 0.346 e. The maximum Gasteiger partial charge on any atom is 0.316 e. The lowest BCUT2D eigenvalue weighted by atomic mass is 10.1. The third kappa shape index (κ3) is 4.13. The zero-order valence-electron chi connectivity index (χ0n) is 15.8. The van der Waals surface area contributed by atoms with E-state index in [1.165, 1.54) is 22.8 Å². The van der Waals surface area contributed by atoms with Crippen molar-refractivity contribution in [2.24, 2.45) is 5.14 Å². The number of carbonyl (C=O) groups is 1. The topological polar surface area (TPSA) is 144 Å². The Morgan fingerprint density at radius 1 is 1.17 bits per heavy atom. The van der Waals surface area contributed by atoms with E-state index in [1.54, 1.807) is 38.1 Å². The van der Waals surface area contributed by atoms with Gasteiger partial charge in [-0.15, -0.1) is 0 Å². The van der Waals surface area contributed by atoms with Crippen LogP contribution in [0.5, 0.6) is 0 Å². The van der Waals surface area contributed by atoms with Crippen LogP contribution in [0, 0.1) is 0 Å². The molecular formula is C19H20N4O5S. The second kappa shape index (κ2) is 7.64. The van der Waals surface area contributed by atoms with E-state index in [0.717, 1.165) is 0 Å². The monoisotopic (exact) mass is 416 g/mol. The summed E-state index contributed by atoms with van der Waals surface area (Å²) >= 11 is 0. The summed E-state index contributed by atoms with van der Waals surface area (Å²) < 4.78 is 24.0. The Bertz CT molecular complexity index is 1310. The molecule has 4 N–H and O–H groups in total. The quantitative estimate of drug-likeness (QED) is 0.528. The molecule has 1 heterocycles. The van der Waals surface area contributed by atoms with Crippen LogP contribution >= 0.6 is 0 Å². The first kappa shape index (κ1) is 20.5. The number of benzene rings is 2. The average molecular weight is 416 g/mol. The number of H-pyrrole nitrogens is 1. The number of aryl methyl sites for hydroxylation is 1. The van der Waals surface area contributed by atoms with E-state index in [2.05, 4.69) is 10.3 Å². The standard InChI is InChI=1S/C19H20N4O5S/c1-3-23-16-9-6-13(10-15(16)22-18(25)19(23)26)17(24)21-11(2)12-4-7-14(8-5-12)29(20,27)28/h4-11H,3H2,1-2H3,(H,21,24)(H,22,25)(H2,20,27,28)/t11-/m1/s1. The maximum atomic E-state index is 12.6. The Labute approximate surface area is 166 Å². The highest BCUT2D eigenvalue weighted by atomic mass is 32.2. The van der Waals surface area contributed by atoms with Crippen LogP contribution in [0.2, 0.25) is 0 Å². The molecule has 0 aliphatic rings. The van der Waals surface area contributed by atoms with Crippen LogP contribution in [0.3, 0.4) is 0 Å². The first-order chi connectivity index (χ1) is 13.6. The summed E-state index contributed by atoms with van der Waals surface area (Å²) in [6.45, 7) is 3.83. The molecule has 0 aliphatic carbocycles. The zero-order valence-corrected chi connectivity index (χ0v) is 16.6. The molecule has 0 fully saturated rings. The lowest BCUT2D eigenvalue weighted by Gasteiger charge is -2.15. The number of hydrogen-bond donors (Lipinski definition) is 3. The Balaban J connectivity index is 1.87. The maximum absolute atomic E-state index is 12.6. The molecule has 10 heteroatoms. The van der Waals surface area contributed by atoms with Gasteiger partial charge in [-0.25, -0.2) is 13.6 Å². The molecule has 0 bridgehead atoms. The minimum atomic E-state index is -3.79. The summed E-state index contributed by atoms with van der Waals surface area (Å²) in [6, 6.07) is 10.2. The van der Waals surface area contributed by atoms with E-state index in [9.17, 15) is 22.8 Å². The second-order valence-corrected chi connectivity index (χ2v) is 8.11. The van der Waals surface area contributed by atoms with Crippen LogP contribution in [0.4, 0.5) is 0 Å². The van der Waals surface area contributed by atoms with Crippen molar-refractivity contribution in [3.63, 3.8) is 0 Å². The first-order valence-electron chi connectivity index (χ1n) is 8.82. The van der Waals surface area contributed by atoms with Crippen molar-refractivity contribution in [3.05, 3.63) is 74.3 Å². The molecule has 0 unspecified atom stereocenters. The fourth-order valence-electron chi connectivity index (χ4n) is 3.04. The molecule has 29 heavy (non-hydrogen) atoms. The average Bonchev–Trinajstić information content (AvgIpc) is 2.68. The van der Waals surface area contributed by atoms with E-state index in [4.69, 9.17) is 5.14 Å². The summed E-state index contributed by atoms with van der Waals surface area (Å²) in [7, 11) is -3.79. The predicted octanol–water partition coefficient (Wildman–Crippen LogP) is 0.848. The van der Waals surface area contributed by atoms with Gasteiger partial charge >= 0.3 is 11.1 Å². The van der Waals surface area contributed by atoms with Crippen molar-refractivity contribution in [1.29, 1.82) is 0 Å². The van der Waals surface area contributed by atoms with Gasteiger partial charge in [-0.1, -0.05) is 12.1 Å². The Morgan fingerprint density at radius 2 is 1.83 bits per heavy atom. The van der Waals surface area contributed by atoms with Gasteiger partial charge in [-0.2, -0.15) is 0 Å². The van der Waals surface area contributed by atoms with E-state index in [-0.39, 0.29) is 10.8 Å². The summed E-state index contributed by atoms with van der Waals surface area (Å²) in [6.07, 6.45) is 0. The number of aromatic amines is 1. The minimum absolute atomic E-state index is 0.0137. The smallest absolute Gasteiger partial charge is 0.316 e. The molecular weight excluding hydrogens is 396 g/mol. The van der Waals surface area contributed by atoms with E-state index >= 15 is 0 Å². The normalized spacial score (nSPS) is 12.7. The number of nitrogens with one attached hydrogen (secondary N) is 2. The van der Waals surface area contributed by atoms with Gasteiger partial charge in [0.2, 0.25) is 10.0 Å².